The SMILES string of the molecule is O=C(Cc1cccc2ccccc12)OCC(=O)c1ccc(Cl)s1. The average molecular weight is 345 g/mol. The third kappa shape index (κ3) is 3.78. The van der Waals surface area contributed by atoms with Crippen LogP contribution in [0.2, 0.25) is 4.34 Å². The monoisotopic (exact) mass is 344 g/mol. The third-order valence-corrected chi connectivity index (χ3v) is 4.70. The summed E-state index contributed by atoms with van der Waals surface area (Å²) in [4.78, 5) is 24.4. The summed E-state index contributed by atoms with van der Waals surface area (Å²) < 4.78 is 5.63. The van der Waals surface area contributed by atoms with Crippen molar-refractivity contribution in [3.8, 4) is 0 Å². The number of ketones is 1. The molecule has 0 bridgehead atoms. The minimum Gasteiger partial charge on any atom is -0.457 e. The summed E-state index contributed by atoms with van der Waals surface area (Å²) in [5.74, 6) is -0.662. The zero-order valence-corrected chi connectivity index (χ0v) is 13.7. The lowest BCUT2D eigenvalue weighted by Crippen LogP contribution is -2.15. The maximum atomic E-state index is 12.0. The van der Waals surface area contributed by atoms with E-state index >= 15 is 0 Å². The predicted octanol–water partition coefficient (Wildman–Crippen LogP) is 4.52. The van der Waals surface area contributed by atoms with Crippen LogP contribution in [0.4, 0.5) is 0 Å². The van der Waals surface area contributed by atoms with Crippen LogP contribution >= 0.6 is 22.9 Å². The molecule has 2 aromatic carbocycles. The molecule has 3 rings (SSSR count). The lowest BCUT2D eigenvalue weighted by molar-refractivity contribution is -0.141. The van der Waals surface area contributed by atoms with Crippen LogP contribution < -0.4 is 0 Å². The van der Waals surface area contributed by atoms with Crippen LogP contribution in [-0.2, 0) is 16.0 Å². The fourth-order valence-corrected chi connectivity index (χ4v) is 3.30. The Labute approximate surface area is 142 Å². The Morgan fingerprint density at radius 3 is 2.57 bits per heavy atom. The molecule has 1 heterocycles. The van der Waals surface area contributed by atoms with E-state index in [1.807, 2.05) is 42.5 Å². The van der Waals surface area contributed by atoms with Gasteiger partial charge in [0.1, 0.15) is 0 Å². The van der Waals surface area contributed by atoms with E-state index in [1.165, 1.54) is 11.3 Å². The first-order valence-corrected chi connectivity index (χ1v) is 8.24. The second-order valence-electron chi connectivity index (χ2n) is 5.00. The van der Waals surface area contributed by atoms with E-state index in [9.17, 15) is 9.59 Å². The van der Waals surface area contributed by atoms with Gasteiger partial charge in [0.2, 0.25) is 5.78 Å². The first-order valence-electron chi connectivity index (χ1n) is 7.04. The molecular weight excluding hydrogens is 332 g/mol. The Bertz CT molecular complexity index is 864. The van der Waals surface area contributed by atoms with Gasteiger partial charge in [0.15, 0.2) is 6.61 Å². The van der Waals surface area contributed by atoms with Gasteiger partial charge in [0, 0.05) is 0 Å². The number of halogens is 1. The number of benzene rings is 2. The molecule has 3 aromatic rings. The molecule has 23 heavy (non-hydrogen) atoms. The topological polar surface area (TPSA) is 43.4 Å². The van der Waals surface area contributed by atoms with Crippen LogP contribution in [0.1, 0.15) is 15.2 Å². The average Bonchev–Trinajstić information content (AvgIpc) is 2.99. The highest BCUT2D eigenvalue weighted by molar-refractivity contribution is 7.18. The van der Waals surface area contributed by atoms with Crippen molar-refractivity contribution < 1.29 is 14.3 Å². The minimum atomic E-state index is -0.419. The molecule has 0 spiro atoms. The van der Waals surface area contributed by atoms with Crippen LogP contribution in [0.5, 0.6) is 0 Å². The Balaban J connectivity index is 1.64. The van der Waals surface area contributed by atoms with Gasteiger partial charge >= 0.3 is 5.97 Å². The van der Waals surface area contributed by atoms with Crippen molar-refractivity contribution in [1.82, 2.24) is 0 Å². The molecular formula is C18H13ClO3S. The van der Waals surface area contributed by atoms with E-state index in [4.69, 9.17) is 16.3 Å². The number of hydrogen-bond acceptors (Lipinski definition) is 4. The third-order valence-electron chi connectivity index (χ3n) is 3.43. The maximum absolute atomic E-state index is 12.0. The lowest BCUT2D eigenvalue weighted by Gasteiger charge is -2.07. The summed E-state index contributed by atoms with van der Waals surface area (Å²) in [6.45, 7) is -0.263. The molecule has 0 saturated heterocycles. The maximum Gasteiger partial charge on any atom is 0.310 e. The van der Waals surface area contributed by atoms with E-state index < -0.39 is 5.97 Å². The van der Waals surface area contributed by atoms with Gasteiger partial charge in [0.05, 0.1) is 15.6 Å². The predicted molar refractivity (Wildman–Crippen MR) is 92.3 cm³/mol. The molecule has 0 amide bonds. The van der Waals surface area contributed by atoms with Crippen LogP contribution in [0.3, 0.4) is 0 Å². The fraction of sp³-hybridized carbons (Fsp3) is 0.111. The number of Topliss-reactive ketones (excluding diaryl/α,β-unsaturated/α-hetero) is 1. The number of carbonyl (C=O) groups is 2. The van der Waals surface area contributed by atoms with Gasteiger partial charge < -0.3 is 4.74 Å². The lowest BCUT2D eigenvalue weighted by atomic mass is 10.0. The number of rotatable bonds is 5. The number of fused-ring (bicyclic) bond motifs is 1. The van der Waals surface area contributed by atoms with E-state index in [1.54, 1.807) is 12.1 Å². The number of thiophene rings is 1. The summed E-state index contributed by atoms with van der Waals surface area (Å²) in [6.07, 6.45) is 0.139. The Hall–Kier alpha value is -2.17. The summed E-state index contributed by atoms with van der Waals surface area (Å²) in [5.41, 5.74) is 0.889. The summed E-state index contributed by atoms with van der Waals surface area (Å²) in [5, 5.41) is 2.09. The van der Waals surface area contributed by atoms with Gasteiger partial charge in [-0.2, -0.15) is 0 Å². The van der Waals surface area contributed by atoms with E-state index in [-0.39, 0.29) is 18.8 Å². The highest BCUT2D eigenvalue weighted by atomic mass is 35.5. The highest BCUT2D eigenvalue weighted by Crippen LogP contribution is 2.22. The summed E-state index contributed by atoms with van der Waals surface area (Å²) in [6, 6.07) is 16.9. The van der Waals surface area contributed by atoms with E-state index in [0.29, 0.717) is 9.21 Å². The molecule has 0 aliphatic carbocycles. The molecule has 0 N–H and O–H groups in total. The second kappa shape index (κ2) is 6.94. The molecule has 0 saturated carbocycles. The molecule has 0 aliphatic rings. The standard InChI is InChI=1S/C18H13ClO3S/c19-17-9-8-16(23-17)15(20)11-22-18(21)10-13-6-3-5-12-4-1-2-7-14(12)13/h1-9H,10-11H2. The Kier molecular flexibility index (Phi) is 4.74. The van der Waals surface area contributed by atoms with Gasteiger partial charge in [0.25, 0.3) is 0 Å². The normalized spacial score (nSPS) is 10.7. The largest absolute Gasteiger partial charge is 0.457 e. The number of hydrogen-bond donors (Lipinski definition) is 0. The van der Waals surface area contributed by atoms with Crippen molar-refractivity contribution in [3.05, 3.63) is 69.4 Å². The van der Waals surface area contributed by atoms with Crippen molar-refractivity contribution in [2.24, 2.45) is 0 Å². The highest BCUT2D eigenvalue weighted by Gasteiger charge is 2.13. The Morgan fingerprint density at radius 1 is 1.00 bits per heavy atom. The van der Waals surface area contributed by atoms with Crippen LogP contribution in [0.15, 0.2) is 54.6 Å². The molecule has 0 atom stereocenters. The molecule has 116 valence electrons. The van der Waals surface area contributed by atoms with Crippen LogP contribution in [-0.4, -0.2) is 18.4 Å². The molecule has 0 aliphatic heterocycles. The smallest absolute Gasteiger partial charge is 0.310 e. The Morgan fingerprint density at radius 2 is 1.78 bits per heavy atom. The molecule has 0 fully saturated rings. The van der Waals surface area contributed by atoms with Gasteiger partial charge in [-0.1, -0.05) is 54.1 Å². The van der Waals surface area contributed by atoms with Gasteiger partial charge in [-0.3, -0.25) is 9.59 Å². The van der Waals surface area contributed by atoms with E-state index in [2.05, 4.69) is 0 Å². The first kappa shape index (κ1) is 15.7. The molecule has 5 heteroatoms. The van der Waals surface area contributed by atoms with E-state index in [0.717, 1.165) is 16.3 Å². The van der Waals surface area contributed by atoms with Gasteiger partial charge in [-0.25, -0.2) is 0 Å². The van der Waals surface area contributed by atoms with Crippen molar-refractivity contribution in [3.63, 3.8) is 0 Å². The summed E-state index contributed by atoms with van der Waals surface area (Å²) in [7, 11) is 0. The van der Waals surface area contributed by atoms with Crippen molar-refractivity contribution in [1.29, 1.82) is 0 Å². The van der Waals surface area contributed by atoms with Gasteiger partial charge in [-0.05, 0) is 28.5 Å². The minimum absolute atomic E-state index is 0.139. The quantitative estimate of drug-likeness (QED) is 0.504. The van der Waals surface area contributed by atoms with Crippen LogP contribution in [0, 0.1) is 0 Å². The molecule has 0 unspecified atom stereocenters. The zero-order chi connectivity index (χ0) is 16.2. The molecule has 1 aromatic heterocycles. The number of carbonyl (C=O) groups excluding carboxylic acids is 2. The van der Waals surface area contributed by atoms with Crippen molar-refractivity contribution in [2.75, 3.05) is 6.61 Å². The van der Waals surface area contributed by atoms with Crippen molar-refractivity contribution in [2.45, 2.75) is 6.42 Å². The summed E-state index contributed by atoms with van der Waals surface area (Å²) >= 11 is 6.97. The fourth-order valence-electron chi connectivity index (χ4n) is 2.33. The molecule has 3 nitrogen and oxygen atoms in total. The number of esters is 1. The first-order chi connectivity index (χ1) is 11.1. The van der Waals surface area contributed by atoms with Gasteiger partial charge in [-0.15, -0.1) is 11.3 Å². The van der Waals surface area contributed by atoms with Crippen LogP contribution in [0.25, 0.3) is 10.8 Å². The number of ether oxygens (including phenoxy) is 1. The second-order valence-corrected chi connectivity index (χ2v) is 6.72. The molecule has 0 radical (unpaired) electrons. The zero-order valence-electron chi connectivity index (χ0n) is 12.1. The van der Waals surface area contributed by atoms with Crippen molar-refractivity contribution >= 4 is 45.5 Å².